The van der Waals surface area contributed by atoms with Crippen LogP contribution in [0.1, 0.15) is 40.3 Å². The Morgan fingerprint density at radius 3 is 0.818 bits per heavy atom. The van der Waals surface area contributed by atoms with Gasteiger partial charge in [-0.1, -0.05) is 0 Å². The smallest absolute Gasteiger partial charge is 0.420 e. The van der Waals surface area contributed by atoms with Gasteiger partial charge in [-0.25, -0.2) is 0 Å². The lowest BCUT2D eigenvalue weighted by molar-refractivity contribution is -0.155. The van der Waals surface area contributed by atoms with Crippen LogP contribution in [0.2, 0.25) is 0 Å². The third-order valence-electron chi connectivity index (χ3n) is 5.17. The SMILES string of the molecule is CC(C(=O)Oc1c(C(F)(F)F)cc(C(F)(F)F)cc1C(F)(F)F)C(=O)Oc1c(C(F)(F)F)cc(C(F)(F)F)cc1C(F)(F)F. The summed E-state index contributed by atoms with van der Waals surface area (Å²) in [6.45, 7) is 0.0971. The van der Waals surface area contributed by atoms with E-state index in [1.165, 1.54) is 0 Å². The second kappa shape index (κ2) is 11.2. The minimum atomic E-state index is -6.13. The maximum atomic E-state index is 13.4. The molecule has 2 rings (SSSR count). The quantitative estimate of drug-likeness (QED) is 0.140. The van der Waals surface area contributed by atoms with E-state index < -0.39 is 124 Å². The Bertz CT molecular complexity index is 1240. The molecule has 44 heavy (non-hydrogen) atoms. The van der Waals surface area contributed by atoms with Gasteiger partial charge < -0.3 is 9.47 Å². The van der Waals surface area contributed by atoms with Gasteiger partial charge in [-0.15, -0.1) is 0 Å². The molecular weight excluding hydrogens is 670 g/mol. The van der Waals surface area contributed by atoms with Crippen LogP contribution in [0, 0.1) is 5.92 Å². The topological polar surface area (TPSA) is 52.6 Å². The lowest BCUT2D eigenvalue weighted by atomic mass is 10.0. The summed E-state index contributed by atoms with van der Waals surface area (Å²) in [5.74, 6) is -13.7. The molecule has 0 radical (unpaired) electrons. The van der Waals surface area contributed by atoms with Gasteiger partial charge >= 0.3 is 49.0 Å². The zero-order valence-electron chi connectivity index (χ0n) is 20.3. The maximum absolute atomic E-state index is 13.4. The van der Waals surface area contributed by atoms with Crippen molar-refractivity contribution in [3.63, 3.8) is 0 Å². The normalized spacial score (nSPS) is 13.7. The Balaban J connectivity index is 2.67. The maximum Gasteiger partial charge on any atom is 0.420 e. The molecule has 0 saturated carbocycles. The number of esters is 2. The van der Waals surface area contributed by atoms with E-state index in [0.717, 1.165) is 0 Å². The van der Waals surface area contributed by atoms with Crippen LogP contribution in [0.3, 0.4) is 0 Å². The summed E-state index contributed by atoms with van der Waals surface area (Å²) in [5.41, 5.74) is -16.7. The van der Waals surface area contributed by atoms with Gasteiger partial charge in [0, 0.05) is 0 Å². The van der Waals surface area contributed by atoms with Crippen molar-refractivity contribution in [3.8, 4) is 11.5 Å². The fourth-order valence-electron chi connectivity index (χ4n) is 3.12. The summed E-state index contributed by atoms with van der Waals surface area (Å²) in [4.78, 5) is 24.5. The minimum Gasteiger partial charge on any atom is -0.425 e. The predicted octanol–water partition coefficient (Wildman–Crippen LogP) is 8.95. The second-order valence-corrected chi connectivity index (χ2v) is 8.35. The largest absolute Gasteiger partial charge is 0.425 e. The summed E-state index contributed by atoms with van der Waals surface area (Å²) in [7, 11) is 0. The van der Waals surface area contributed by atoms with Crippen LogP contribution in [0.4, 0.5) is 79.0 Å². The van der Waals surface area contributed by atoms with E-state index in [2.05, 4.69) is 9.47 Å². The summed E-state index contributed by atoms with van der Waals surface area (Å²) in [5, 5.41) is 0. The van der Waals surface area contributed by atoms with Crippen LogP contribution in [-0.2, 0) is 46.6 Å². The monoisotopic (exact) mass is 678 g/mol. The molecule has 0 amide bonds. The molecular formula is C22H8F18O4. The van der Waals surface area contributed by atoms with Crippen LogP contribution < -0.4 is 9.47 Å². The van der Waals surface area contributed by atoms with E-state index in [-0.39, 0.29) is 6.92 Å². The lowest BCUT2D eigenvalue weighted by Gasteiger charge is -2.22. The van der Waals surface area contributed by atoms with Crippen LogP contribution >= 0.6 is 0 Å². The van der Waals surface area contributed by atoms with Crippen LogP contribution in [0.15, 0.2) is 24.3 Å². The molecule has 0 aliphatic rings. The first-order chi connectivity index (χ1) is 19.4. The molecule has 0 aliphatic heterocycles. The van der Waals surface area contributed by atoms with E-state index in [0.29, 0.717) is 0 Å². The number of halogens is 18. The van der Waals surface area contributed by atoms with Gasteiger partial charge in [-0.05, 0) is 31.2 Å². The van der Waals surface area contributed by atoms with Crippen LogP contribution in [0.5, 0.6) is 11.5 Å². The Kier molecular flexibility index (Phi) is 9.28. The molecule has 0 heterocycles. The van der Waals surface area contributed by atoms with E-state index in [4.69, 9.17) is 0 Å². The van der Waals surface area contributed by atoms with Crippen molar-refractivity contribution in [3.05, 3.63) is 57.6 Å². The van der Waals surface area contributed by atoms with Crippen molar-refractivity contribution in [2.24, 2.45) is 5.92 Å². The first-order valence-electron chi connectivity index (χ1n) is 10.6. The van der Waals surface area contributed by atoms with Gasteiger partial charge in [0.05, 0.1) is 33.4 Å². The van der Waals surface area contributed by atoms with Crippen LogP contribution in [0.25, 0.3) is 0 Å². The molecule has 0 saturated heterocycles. The fourth-order valence-corrected chi connectivity index (χ4v) is 3.12. The molecule has 0 N–H and O–H groups in total. The van der Waals surface area contributed by atoms with Crippen molar-refractivity contribution in [1.82, 2.24) is 0 Å². The highest BCUT2D eigenvalue weighted by Crippen LogP contribution is 2.49. The van der Waals surface area contributed by atoms with Crippen molar-refractivity contribution >= 4 is 11.9 Å². The van der Waals surface area contributed by atoms with E-state index in [9.17, 15) is 88.6 Å². The van der Waals surface area contributed by atoms with Gasteiger partial charge in [0.15, 0.2) is 17.4 Å². The number of hydrogen-bond donors (Lipinski definition) is 0. The number of alkyl halides is 18. The first-order valence-corrected chi connectivity index (χ1v) is 10.6. The zero-order chi connectivity index (χ0) is 34.6. The zero-order valence-corrected chi connectivity index (χ0v) is 20.3. The fraction of sp³-hybridized carbons (Fsp3) is 0.364. The van der Waals surface area contributed by atoms with Gasteiger partial charge in [0.1, 0.15) is 0 Å². The van der Waals surface area contributed by atoms with E-state index in [1.54, 1.807) is 0 Å². The minimum absolute atomic E-state index is 0.0971. The van der Waals surface area contributed by atoms with E-state index in [1.807, 2.05) is 0 Å². The molecule has 0 spiro atoms. The average Bonchev–Trinajstić information content (AvgIpc) is 2.79. The number of benzene rings is 2. The third kappa shape index (κ3) is 8.18. The highest BCUT2D eigenvalue weighted by atomic mass is 19.4. The predicted molar refractivity (Wildman–Crippen MR) is 103 cm³/mol. The summed E-state index contributed by atoms with van der Waals surface area (Å²) in [6.07, 6.45) is -36.2. The highest BCUT2D eigenvalue weighted by Gasteiger charge is 2.49. The number of rotatable bonds is 4. The Morgan fingerprint density at radius 1 is 0.455 bits per heavy atom. The summed E-state index contributed by atoms with van der Waals surface area (Å²) in [6, 6.07) is -3.74. The van der Waals surface area contributed by atoms with Crippen LogP contribution in [-0.4, -0.2) is 11.9 Å². The molecule has 0 unspecified atom stereocenters. The van der Waals surface area contributed by atoms with Crippen molar-refractivity contribution in [2.75, 3.05) is 0 Å². The number of hydrogen-bond acceptors (Lipinski definition) is 4. The van der Waals surface area contributed by atoms with Crippen molar-refractivity contribution < 1.29 is 98.1 Å². The molecule has 22 heteroatoms. The van der Waals surface area contributed by atoms with Gasteiger partial charge in [-0.3, -0.25) is 9.59 Å². The Morgan fingerprint density at radius 2 is 0.659 bits per heavy atom. The number of carbonyl (C=O) groups excluding carboxylic acids is 2. The first kappa shape index (κ1) is 36.3. The number of carbonyl (C=O) groups is 2. The molecule has 0 bridgehead atoms. The summed E-state index contributed by atoms with van der Waals surface area (Å²) >= 11 is 0. The van der Waals surface area contributed by atoms with Gasteiger partial charge in [0.25, 0.3) is 0 Å². The average molecular weight is 678 g/mol. The Hall–Kier alpha value is -3.88. The summed E-state index contributed by atoms with van der Waals surface area (Å²) < 4.78 is 246. The Labute approximate surface area is 230 Å². The molecule has 2 aromatic rings. The lowest BCUT2D eigenvalue weighted by Crippen LogP contribution is -2.32. The van der Waals surface area contributed by atoms with Gasteiger partial charge in [0.2, 0.25) is 0 Å². The molecule has 0 fully saturated rings. The highest BCUT2D eigenvalue weighted by molar-refractivity contribution is 5.96. The molecule has 2 aromatic carbocycles. The molecule has 0 atom stereocenters. The molecule has 4 nitrogen and oxygen atoms in total. The van der Waals surface area contributed by atoms with Gasteiger partial charge in [-0.2, -0.15) is 79.0 Å². The van der Waals surface area contributed by atoms with Crippen molar-refractivity contribution in [1.29, 1.82) is 0 Å². The number of ether oxygens (including phenoxy) is 2. The molecule has 0 aromatic heterocycles. The molecule has 0 aliphatic carbocycles. The van der Waals surface area contributed by atoms with Crippen molar-refractivity contribution in [2.45, 2.75) is 44.0 Å². The third-order valence-corrected chi connectivity index (χ3v) is 5.17. The molecule has 246 valence electrons. The standard InChI is InChI=1S/C22H8F18O4/c1-6(15(41)43-13-9(19(29,30)31)2-7(17(23,24)25)3-10(13)20(32,33)34)16(42)44-14-11(21(35,36)37)4-8(18(26,27)28)5-12(14)22(38,39)40/h2-6H,1H3. The van der Waals surface area contributed by atoms with E-state index >= 15 is 0 Å². The second-order valence-electron chi connectivity index (χ2n) is 8.35.